The van der Waals surface area contributed by atoms with E-state index in [0.29, 0.717) is 16.1 Å². The van der Waals surface area contributed by atoms with Crippen LogP contribution in [-0.2, 0) is 10.2 Å². The van der Waals surface area contributed by atoms with E-state index in [1.165, 1.54) is 51.8 Å². The monoisotopic (exact) mass is 590 g/mol. The average Bonchev–Trinajstić information content (AvgIpc) is 3.68. The fourth-order valence-corrected chi connectivity index (χ4v) is 7.41. The molecule has 6 nitrogen and oxygen atoms in total. The van der Waals surface area contributed by atoms with Crippen molar-refractivity contribution in [3.05, 3.63) is 110 Å². The number of ketones is 1. The molecule has 0 aliphatic carbocycles. The highest BCUT2D eigenvalue weighted by atomic mass is 32.1. The lowest BCUT2D eigenvalue weighted by Gasteiger charge is -2.30. The van der Waals surface area contributed by atoms with Crippen molar-refractivity contribution in [2.24, 2.45) is 5.92 Å². The molecule has 212 valence electrons. The summed E-state index contributed by atoms with van der Waals surface area (Å²) in [5.74, 6) is -3.54. The zero-order valence-electron chi connectivity index (χ0n) is 23.1. The van der Waals surface area contributed by atoms with Crippen molar-refractivity contribution in [1.29, 1.82) is 0 Å². The first-order valence-electron chi connectivity index (χ1n) is 13.3. The number of anilines is 1. The van der Waals surface area contributed by atoms with E-state index in [9.17, 15) is 23.9 Å². The Morgan fingerprint density at radius 3 is 2.15 bits per heavy atom. The lowest BCUT2D eigenvalue weighted by molar-refractivity contribution is -0.142. The van der Waals surface area contributed by atoms with Crippen molar-refractivity contribution in [3.63, 3.8) is 0 Å². The van der Waals surface area contributed by atoms with Crippen LogP contribution in [-0.4, -0.2) is 33.8 Å². The number of aryl methyl sites for hydroxylation is 1. The standard InChI is InChI=1S/C32H31FN2O4S2/c1-18-15-17-41-29(18)26-25(28(36)23-6-5-16-40-23)24(19-7-9-20(10-8-19)32(2,3)4)27(30(37)38)35(26)31(39)34-22-13-11-21(33)12-14-22/h5-17,24-27H,1-4H3,(H,34,39)(H,37,38). The van der Waals surface area contributed by atoms with Gasteiger partial charge < -0.3 is 15.3 Å². The molecule has 1 fully saturated rings. The maximum absolute atomic E-state index is 14.3. The number of halogens is 1. The molecule has 4 atom stereocenters. The van der Waals surface area contributed by atoms with Gasteiger partial charge in [0.05, 0.1) is 16.8 Å². The number of carboxylic acids is 1. The Morgan fingerprint density at radius 1 is 0.927 bits per heavy atom. The van der Waals surface area contributed by atoms with Gasteiger partial charge in [0.25, 0.3) is 0 Å². The number of nitrogens with one attached hydrogen (secondary N) is 1. The second-order valence-corrected chi connectivity index (χ2v) is 13.2. The number of amides is 2. The van der Waals surface area contributed by atoms with Crippen LogP contribution in [0.5, 0.6) is 0 Å². The first kappa shape index (κ1) is 28.7. The SMILES string of the molecule is Cc1ccsc1C1C(C(=O)c2cccs2)C(c2ccc(C(C)(C)C)cc2)C(C(=O)O)N1C(=O)Nc1ccc(F)cc1. The number of carbonyl (C=O) groups excluding carboxylic acids is 2. The average molecular weight is 591 g/mol. The van der Waals surface area contributed by atoms with E-state index in [1.54, 1.807) is 12.1 Å². The third-order valence-electron chi connectivity index (χ3n) is 7.65. The van der Waals surface area contributed by atoms with Gasteiger partial charge in [0.2, 0.25) is 0 Å². The van der Waals surface area contributed by atoms with Gasteiger partial charge in [-0.2, -0.15) is 0 Å². The summed E-state index contributed by atoms with van der Waals surface area (Å²) in [5.41, 5.74) is 2.82. The second kappa shape index (κ2) is 11.2. The summed E-state index contributed by atoms with van der Waals surface area (Å²) in [4.78, 5) is 44.0. The lowest BCUT2D eigenvalue weighted by Crippen LogP contribution is -2.45. The Kier molecular flexibility index (Phi) is 7.85. The molecule has 0 bridgehead atoms. The number of rotatable bonds is 6. The summed E-state index contributed by atoms with van der Waals surface area (Å²) in [7, 11) is 0. The number of Topliss-reactive ketones (excluding diaryl/α,β-unsaturated/α-hetero) is 1. The normalized spacial score (nSPS) is 20.7. The van der Waals surface area contributed by atoms with Crippen LogP contribution < -0.4 is 5.32 Å². The Bertz CT molecular complexity index is 1560. The van der Waals surface area contributed by atoms with Crippen LogP contribution in [0.1, 0.15) is 64.0 Å². The molecule has 2 aromatic heterocycles. The maximum atomic E-state index is 14.3. The topological polar surface area (TPSA) is 86.7 Å². The van der Waals surface area contributed by atoms with E-state index in [0.717, 1.165) is 16.0 Å². The van der Waals surface area contributed by atoms with Gasteiger partial charge in [0.1, 0.15) is 11.9 Å². The summed E-state index contributed by atoms with van der Waals surface area (Å²) in [6, 6.07) is 15.6. The molecule has 1 saturated heterocycles. The largest absolute Gasteiger partial charge is 0.480 e. The van der Waals surface area contributed by atoms with Crippen LogP contribution in [0.3, 0.4) is 0 Å². The third-order valence-corrected chi connectivity index (χ3v) is 9.62. The number of urea groups is 1. The minimum Gasteiger partial charge on any atom is -0.480 e. The Morgan fingerprint density at radius 2 is 1.61 bits per heavy atom. The van der Waals surface area contributed by atoms with Crippen molar-refractivity contribution in [2.45, 2.75) is 51.1 Å². The second-order valence-electron chi connectivity index (χ2n) is 11.3. The zero-order chi connectivity index (χ0) is 29.5. The molecule has 2 N–H and O–H groups in total. The van der Waals surface area contributed by atoms with Crippen molar-refractivity contribution < 1.29 is 23.9 Å². The van der Waals surface area contributed by atoms with Crippen LogP contribution in [0.2, 0.25) is 0 Å². The fraction of sp³-hybridized carbons (Fsp3) is 0.281. The summed E-state index contributed by atoms with van der Waals surface area (Å²) in [6.07, 6.45) is 0. The smallest absolute Gasteiger partial charge is 0.327 e. The van der Waals surface area contributed by atoms with Crippen LogP contribution in [0.25, 0.3) is 0 Å². The predicted molar refractivity (Wildman–Crippen MR) is 161 cm³/mol. The van der Waals surface area contributed by atoms with Gasteiger partial charge in [0, 0.05) is 16.5 Å². The maximum Gasteiger partial charge on any atom is 0.327 e. The molecule has 3 heterocycles. The van der Waals surface area contributed by atoms with Gasteiger partial charge in [-0.05, 0) is 76.2 Å². The van der Waals surface area contributed by atoms with Crippen molar-refractivity contribution in [1.82, 2.24) is 4.90 Å². The number of nitrogens with zero attached hydrogens (tertiary/aromatic N) is 1. The van der Waals surface area contributed by atoms with E-state index >= 15 is 0 Å². The van der Waals surface area contributed by atoms with Gasteiger partial charge in [-0.15, -0.1) is 22.7 Å². The van der Waals surface area contributed by atoms with E-state index in [-0.39, 0.29) is 11.2 Å². The lowest BCUT2D eigenvalue weighted by atomic mass is 9.77. The predicted octanol–water partition coefficient (Wildman–Crippen LogP) is 7.88. The molecule has 0 saturated carbocycles. The highest BCUT2D eigenvalue weighted by molar-refractivity contribution is 7.12. The number of hydrogen-bond acceptors (Lipinski definition) is 5. The molecule has 1 aliphatic rings. The highest BCUT2D eigenvalue weighted by Crippen LogP contribution is 2.53. The molecule has 0 spiro atoms. The molecular formula is C32H31FN2O4S2. The number of benzene rings is 2. The summed E-state index contributed by atoms with van der Waals surface area (Å²) < 4.78 is 13.6. The van der Waals surface area contributed by atoms with Crippen molar-refractivity contribution in [2.75, 3.05) is 5.32 Å². The number of hydrogen-bond donors (Lipinski definition) is 2. The summed E-state index contributed by atoms with van der Waals surface area (Å²) >= 11 is 2.70. The van der Waals surface area contributed by atoms with Gasteiger partial charge in [-0.3, -0.25) is 4.79 Å². The van der Waals surface area contributed by atoms with Gasteiger partial charge in [-0.1, -0.05) is 51.1 Å². The Hall–Kier alpha value is -3.82. The molecule has 4 unspecified atom stereocenters. The molecule has 5 rings (SSSR count). The Balaban J connectivity index is 1.70. The van der Waals surface area contributed by atoms with Crippen LogP contribution in [0, 0.1) is 18.7 Å². The molecule has 0 radical (unpaired) electrons. The van der Waals surface area contributed by atoms with E-state index < -0.39 is 41.7 Å². The molecular weight excluding hydrogens is 559 g/mol. The first-order valence-corrected chi connectivity index (χ1v) is 15.0. The zero-order valence-corrected chi connectivity index (χ0v) is 24.8. The van der Waals surface area contributed by atoms with E-state index in [4.69, 9.17) is 0 Å². The number of aliphatic carboxylic acids is 1. The molecule has 4 aromatic rings. The highest BCUT2D eigenvalue weighted by Gasteiger charge is 2.58. The number of likely N-dealkylation sites (tertiary alicyclic amines) is 1. The van der Waals surface area contributed by atoms with Crippen LogP contribution >= 0.6 is 22.7 Å². The minimum absolute atomic E-state index is 0.121. The molecule has 2 amide bonds. The number of carboxylic acid groups (broad SMARTS) is 1. The van der Waals surface area contributed by atoms with Gasteiger partial charge >= 0.3 is 12.0 Å². The number of thiophene rings is 2. The van der Waals surface area contributed by atoms with Crippen molar-refractivity contribution >= 4 is 46.1 Å². The summed E-state index contributed by atoms with van der Waals surface area (Å²) in [6.45, 7) is 8.18. The van der Waals surface area contributed by atoms with Crippen LogP contribution in [0.4, 0.5) is 14.9 Å². The Labute approximate surface area is 246 Å². The fourth-order valence-electron chi connectivity index (χ4n) is 5.62. The number of carbonyl (C=O) groups is 3. The first-order chi connectivity index (χ1) is 19.5. The van der Waals surface area contributed by atoms with Crippen molar-refractivity contribution in [3.8, 4) is 0 Å². The quantitative estimate of drug-likeness (QED) is 0.224. The molecule has 1 aliphatic heterocycles. The van der Waals surface area contributed by atoms with Crippen LogP contribution in [0.15, 0.2) is 77.5 Å². The van der Waals surface area contributed by atoms with E-state index in [1.807, 2.05) is 48.0 Å². The van der Waals surface area contributed by atoms with E-state index in [2.05, 4.69) is 26.1 Å². The molecule has 9 heteroatoms. The minimum atomic E-state index is -1.34. The van der Waals surface area contributed by atoms with Gasteiger partial charge in [-0.25, -0.2) is 14.0 Å². The summed E-state index contributed by atoms with van der Waals surface area (Å²) in [5, 5.41) is 17.1. The molecule has 41 heavy (non-hydrogen) atoms. The van der Waals surface area contributed by atoms with Gasteiger partial charge in [0.15, 0.2) is 5.78 Å². The molecule has 2 aromatic carbocycles. The third kappa shape index (κ3) is 5.56.